The standard InChI is InChI=1S/C40H74NO10P/c1-3-5-7-9-11-13-15-17-18-19-20-22-24-26-28-30-32-39(44)49-33-36(42)34-50-52(47,48)51-35-37(40(45)46)41-38(43)31-29-27-25-23-21-16-14-12-10-8-6-4-2/h12,14,18-19,36-37,42H,3-11,13,15-17,20-35H2,1-2H3,(H,41,43)(H,45,46)(H,47,48)/b14-12-,19-18-. The maximum atomic E-state index is 12.2. The molecule has 11 nitrogen and oxygen atoms in total. The first-order chi connectivity index (χ1) is 25.1. The van der Waals surface area contributed by atoms with Crippen LogP contribution in [0, 0.1) is 0 Å². The van der Waals surface area contributed by atoms with Crippen molar-refractivity contribution in [1.29, 1.82) is 0 Å². The number of carboxylic acid groups (broad SMARTS) is 1. The molecule has 3 atom stereocenters. The number of aliphatic hydroxyl groups is 1. The lowest BCUT2D eigenvalue weighted by atomic mass is 10.1. The van der Waals surface area contributed by atoms with Crippen LogP contribution in [0.5, 0.6) is 0 Å². The van der Waals surface area contributed by atoms with E-state index < -0.39 is 57.6 Å². The van der Waals surface area contributed by atoms with Crippen LogP contribution in [0.2, 0.25) is 0 Å². The number of aliphatic carboxylic acids is 1. The minimum absolute atomic E-state index is 0.136. The number of phosphoric ester groups is 1. The number of esters is 1. The third-order valence-corrected chi connectivity index (χ3v) is 9.66. The van der Waals surface area contributed by atoms with E-state index in [0.717, 1.165) is 77.0 Å². The van der Waals surface area contributed by atoms with Gasteiger partial charge >= 0.3 is 19.8 Å². The molecule has 0 aromatic rings. The molecule has 0 rings (SSSR count). The third kappa shape index (κ3) is 35.0. The first-order valence-electron chi connectivity index (χ1n) is 20.4. The summed E-state index contributed by atoms with van der Waals surface area (Å²) in [6.07, 6.45) is 34.9. The van der Waals surface area contributed by atoms with Gasteiger partial charge in [0.25, 0.3) is 0 Å². The predicted octanol–water partition coefficient (Wildman–Crippen LogP) is 9.89. The van der Waals surface area contributed by atoms with Crippen LogP contribution >= 0.6 is 7.82 Å². The average Bonchev–Trinajstić information content (AvgIpc) is 3.11. The second-order valence-corrected chi connectivity index (χ2v) is 15.3. The predicted molar refractivity (Wildman–Crippen MR) is 208 cm³/mol. The normalized spacial score (nSPS) is 14.1. The van der Waals surface area contributed by atoms with Gasteiger partial charge in [-0.1, -0.05) is 128 Å². The smallest absolute Gasteiger partial charge is 0.472 e. The number of ether oxygens (including phenoxy) is 1. The molecule has 0 aliphatic carbocycles. The zero-order valence-electron chi connectivity index (χ0n) is 32.6. The van der Waals surface area contributed by atoms with E-state index in [9.17, 15) is 34.1 Å². The second-order valence-electron chi connectivity index (χ2n) is 13.8. The highest BCUT2D eigenvalue weighted by Crippen LogP contribution is 2.43. The lowest BCUT2D eigenvalue weighted by molar-refractivity contribution is -0.147. The molecule has 12 heteroatoms. The first-order valence-corrected chi connectivity index (χ1v) is 21.9. The van der Waals surface area contributed by atoms with Crippen LogP contribution in [-0.4, -0.2) is 64.9 Å². The van der Waals surface area contributed by atoms with Crippen molar-refractivity contribution < 1.29 is 47.8 Å². The Morgan fingerprint density at radius 1 is 0.596 bits per heavy atom. The van der Waals surface area contributed by atoms with Crippen molar-refractivity contribution in [3.8, 4) is 0 Å². The fourth-order valence-electron chi connectivity index (χ4n) is 5.48. The van der Waals surface area contributed by atoms with Crippen molar-refractivity contribution in [2.75, 3.05) is 19.8 Å². The number of hydrogen-bond donors (Lipinski definition) is 4. The second kappa shape index (κ2) is 36.0. The summed E-state index contributed by atoms with van der Waals surface area (Å²) in [5, 5.41) is 21.7. The van der Waals surface area contributed by atoms with Gasteiger partial charge in [-0.3, -0.25) is 18.6 Å². The number of nitrogens with one attached hydrogen (secondary N) is 1. The van der Waals surface area contributed by atoms with Crippen LogP contribution in [0.3, 0.4) is 0 Å². The lowest BCUT2D eigenvalue weighted by Gasteiger charge is -2.18. The minimum Gasteiger partial charge on any atom is -0.480 e. The summed E-state index contributed by atoms with van der Waals surface area (Å²) in [5.74, 6) is -2.39. The molecule has 3 unspecified atom stereocenters. The molecule has 0 radical (unpaired) electrons. The molecular weight excluding hydrogens is 685 g/mol. The largest absolute Gasteiger partial charge is 0.480 e. The molecule has 0 aromatic heterocycles. The summed E-state index contributed by atoms with van der Waals surface area (Å²) in [4.78, 5) is 45.7. The summed E-state index contributed by atoms with van der Waals surface area (Å²) in [6, 6.07) is -1.55. The molecule has 4 N–H and O–H groups in total. The van der Waals surface area contributed by atoms with Crippen molar-refractivity contribution in [1.82, 2.24) is 5.32 Å². The Balaban J connectivity index is 3.94. The fraction of sp³-hybridized carbons (Fsp3) is 0.825. The van der Waals surface area contributed by atoms with Gasteiger partial charge in [-0.2, -0.15) is 0 Å². The van der Waals surface area contributed by atoms with E-state index in [-0.39, 0.29) is 12.8 Å². The number of allylic oxidation sites excluding steroid dienone is 4. The lowest BCUT2D eigenvalue weighted by Crippen LogP contribution is -2.43. The number of phosphoric acid groups is 1. The van der Waals surface area contributed by atoms with Crippen molar-refractivity contribution in [3.05, 3.63) is 24.3 Å². The molecule has 52 heavy (non-hydrogen) atoms. The van der Waals surface area contributed by atoms with Gasteiger partial charge in [-0.05, 0) is 64.2 Å². The highest BCUT2D eigenvalue weighted by molar-refractivity contribution is 7.47. The first kappa shape index (κ1) is 50.0. The Kier molecular flexibility index (Phi) is 34.6. The van der Waals surface area contributed by atoms with Gasteiger partial charge in [0, 0.05) is 12.8 Å². The maximum absolute atomic E-state index is 12.2. The van der Waals surface area contributed by atoms with Gasteiger partial charge in [-0.15, -0.1) is 0 Å². The molecule has 0 fully saturated rings. The van der Waals surface area contributed by atoms with Gasteiger partial charge < -0.3 is 25.2 Å². The number of carbonyl (C=O) groups is 3. The van der Waals surface area contributed by atoms with Gasteiger partial charge in [0.1, 0.15) is 12.7 Å². The summed E-state index contributed by atoms with van der Waals surface area (Å²) in [6.45, 7) is 2.54. The Bertz CT molecular complexity index is 989. The Labute approximate surface area is 315 Å². The molecule has 0 heterocycles. The highest BCUT2D eigenvalue weighted by atomic mass is 31.2. The fourth-order valence-corrected chi connectivity index (χ4v) is 6.25. The zero-order chi connectivity index (χ0) is 38.5. The van der Waals surface area contributed by atoms with E-state index in [1.165, 1.54) is 64.2 Å². The number of carbonyl (C=O) groups excluding carboxylic acids is 2. The van der Waals surface area contributed by atoms with E-state index in [1.54, 1.807) is 0 Å². The van der Waals surface area contributed by atoms with Crippen LogP contribution in [0.4, 0.5) is 0 Å². The average molecular weight is 760 g/mol. The van der Waals surface area contributed by atoms with Gasteiger partial charge in [0.15, 0.2) is 6.04 Å². The number of aliphatic hydroxyl groups excluding tert-OH is 1. The summed E-state index contributed by atoms with van der Waals surface area (Å²) >= 11 is 0. The van der Waals surface area contributed by atoms with Crippen LogP contribution in [0.1, 0.15) is 181 Å². The number of amides is 1. The van der Waals surface area contributed by atoms with Crippen molar-refractivity contribution >= 4 is 25.7 Å². The monoisotopic (exact) mass is 760 g/mol. The van der Waals surface area contributed by atoms with Crippen LogP contribution in [-0.2, 0) is 32.7 Å². The van der Waals surface area contributed by atoms with Crippen molar-refractivity contribution in [2.45, 2.75) is 193 Å². The zero-order valence-corrected chi connectivity index (χ0v) is 33.5. The van der Waals surface area contributed by atoms with Crippen LogP contribution in [0.25, 0.3) is 0 Å². The van der Waals surface area contributed by atoms with Gasteiger partial charge in [0.2, 0.25) is 5.91 Å². The van der Waals surface area contributed by atoms with E-state index in [0.29, 0.717) is 12.8 Å². The maximum Gasteiger partial charge on any atom is 0.472 e. The molecule has 0 bridgehead atoms. The van der Waals surface area contributed by atoms with E-state index in [4.69, 9.17) is 13.8 Å². The summed E-state index contributed by atoms with van der Waals surface area (Å²) in [5.41, 5.74) is 0. The topological polar surface area (TPSA) is 169 Å². The quantitative estimate of drug-likeness (QED) is 0.0206. The van der Waals surface area contributed by atoms with Crippen LogP contribution in [0.15, 0.2) is 24.3 Å². The molecular formula is C40H74NO10P. The van der Waals surface area contributed by atoms with Crippen LogP contribution < -0.4 is 5.32 Å². The van der Waals surface area contributed by atoms with E-state index in [2.05, 4.69) is 43.5 Å². The third-order valence-electron chi connectivity index (χ3n) is 8.71. The van der Waals surface area contributed by atoms with E-state index >= 15 is 0 Å². The number of rotatable bonds is 38. The Morgan fingerprint density at radius 3 is 1.50 bits per heavy atom. The minimum atomic E-state index is -4.75. The molecule has 0 aromatic carbocycles. The Morgan fingerprint density at radius 2 is 1.00 bits per heavy atom. The molecule has 0 aliphatic heterocycles. The number of hydrogen-bond acceptors (Lipinski definition) is 8. The molecule has 0 spiro atoms. The van der Waals surface area contributed by atoms with Crippen molar-refractivity contribution in [2.24, 2.45) is 0 Å². The molecule has 304 valence electrons. The summed E-state index contributed by atoms with van der Waals surface area (Å²) in [7, 11) is -4.75. The summed E-state index contributed by atoms with van der Waals surface area (Å²) < 4.78 is 26.7. The van der Waals surface area contributed by atoms with Gasteiger partial charge in [0.05, 0.1) is 13.2 Å². The van der Waals surface area contributed by atoms with Crippen molar-refractivity contribution in [3.63, 3.8) is 0 Å². The highest BCUT2D eigenvalue weighted by Gasteiger charge is 2.28. The van der Waals surface area contributed by atoms with E-state index in [1.807, 2.05) is 0 Å². The molecule has 0 aliphatic rings. The Hall–Kier alpha value is -2.04. The number of carboxylic acids is 1. The number of unbranched alkanes of at least 4 members (excludes halogenated alkanes) is 20. The molecule has 0 saturated heterocycles. The SMILES string of the molecule is CCCCC/C=C\CCCCCCCC(=O)NC(COP(=O)(O)OCC(O)COC(=O)CCCCCCC/C=C\CCCCCCCCC)C(=O)O. The van der Waals surface area contributed by atoms with Gasteiger partial charge in [-0.25, -0.2) is 9.36 Å². The molecule has 1 amide bonds. The molecule has 0 saturated carbocycles.